The topological polar surface area (TPSA) is 98.5 Å². The number of carboxylic acids is 1. The Morgan fingerprint density at radius 1 is 1.50 bits per heavy atom. The molecular formula is C9H16N2O4S. The zero-order valence-electron chi connectivity index (χ0n) is 9.38. The lowest BCUT2D eigenvalue weighted by Gasteiger charge is -2.21. The predicted molar refractivity (Wildman–Crippen MR) is 58.1 cm³/mol. The maximum atomic E-state index is 11.9. The van der Waals surface area contributed by atoms with E-state index in [1.807, 2.05) is 0 Å². The minimum Gasteiger partial charge on any atom is -0.480 e. The molecule has 0 heterocycles. The fourth-order valence-corrected chi connectivity index (χ4v) is 2.89. The molecule has 0 bridgehead atoms. The van der Waals surface area contributed by atoms with Crippen molar-refractivity contribution in [2.24, 2.45) is 0 Å². The number of sulfonamides is 1. The van der Waals surface area contributed by atoms with E-state index in [0.29, 0.717) is 6.42 Å². The van der Waals surface area contributed by atoms with Crippen molar-refractivity contribution < 1.29 is 18.3 Å². The van der Waals surface area contributed by atoms with Gasteiger partial charge >= 0.3 is 5.97 Å². The summed E-state index contributed by atoms with van der Waals surface area (Å²) in [5.41, 5.74) is 0. The molecule has 7 heteroatoms. The first kappa shape index (κ1) is 14.9. The number of hydrogen-bond acceptors (Lipinski definition) is 4. The van der Waals surface area contributed by atoms with Crippen LogP contribution in [-0.2, 0) is 14.8 Å². The van der Waals surface area contributed by atoms with Gasteiger partial charge in [-0.3, -0.25) is 4.79 Å². The first-order valence-electron chi connectivity index (χ1n) is 5.00. The van der Waals surface area contributed by atoms with Crippen molar-refractivity contribution in [2.75, 3.05) is 13.1 Å². The van der Waals surface area contributed by atoms with E-state index in [9.17, 15) is 13.2 Å². The van der Waals surface area contributed by atoms with E-state index in [2.05, 4.69) is 0 Å². The van der Waals surface area contributed by atoms with Crippen LogP contribution >= 0.6 is 0 Å². The number of nitriles is 1. The Morgan fingerprint density at radius 2 is 2.06 bits per heavy atom. The van der Waals surface area contributed by atoms with Crippen molar-refractivity contribution in [3.05, 3.63) is 0 Å². The molecule has 6 nitrogen and oxygen atoms in total. The van der Waals surface area contributed by atoms with Crippen LogP contribution in [0.25, 0.3) is 0 Å². The summed E-state index contributed by atoms with van der Waals surface area (Å²) in [7, 11) is -3.83. The van der Waals surface area contributed by atoms with Crippen molar-refractivity contribution in [1.82, 2.24) is 4.31 Å². The Hall–Kier alpha value is -1.13. The molecular weight excluding hydrogens is 232 g/mol. The molecule has 0 saturated heterocycles. The predicted octanol–water partition coefficient (Wildman–Crippen LogP) is 0.415. The van der Waals surface area contributed by atoms with Gasteiger partial charge in [-0.05, 0) is 12.8 Å². The van der Waals surface area contributed by atoms with E-state index in [0.717, 1.165) is 4.31 Å². The lowest BCUT2D eigenvalue weighted by atomic mass is 10.4. The van der Waals surface area contributed by atoms with Crippen LogP contribution in [0.3, 0.4) is 0 Å². The van der Waals surface area contributed by atoms with E-state index in [4.69, 9.17) is 10.4 Å². The molecule has 1 N–H and O–H groups in total. The highest BCUT2D eigenvalue weighted by Crippen LogP contribution is 2.12. The summed E-state index contributed by atoms with van der Waals surface area (Å²) in [6, 6.07) is 1.68. The number of aliphatic carboxylic acids is 1. The molecule has 0 aliphatic heterocycles. The number of hydrogen-bond donors (Lipinski definition) is 1. The molecule has 0 aromatic heterocycles. The lowest BCUT2D eigenvalue weighted by molar-refractivity contribution is -0.137. The van der Waals surface area contributed by atoms with E-state index in [-0.39, 0.29) is 13.0 Å². The zero-order valence-corrected chi connectivity index (χ0v) is 10.2. The Kier molecular flexibility index (Phi) is 6.00. The number of carbonyl (C=O) groups is 1. The first-order valence-corrected chi connectivity index (χ1v) is 6.50. The number of nitrogens with zero attached hydrogens (tertiary/aromatic N) is 2. The van der Waals surface area contributed by atoms with Crippen LogP contribution in [0.5, 0.6) is 0 Å². The summed E-state index contributed by atoms with van der Waals surface area (Å²) in [6.45, 7) is 2.86. The van der Waals surface area contributed by atoms with E-state index >= 15 is 0 Å². The largest absolute Gasteiger partial charge is 0.480 e. The van der Waals surface area contributed by atoms with Crippen LogP contribution in [-0.4, -0.2) is 42.1 Å². The number of carboxylic acid groups (broad SMARTS) is 1. The van der Waals surface area contributed by atoms with Crippen molar-refractivity contribution in [1.29, 1.82) is 5.26 Å². The molecule has 1 atom stereocenters. The summed E-state index contributed by atoms with van der Waals surface area (Å²) in [5.74, 6) is -1.22. The van der Waals surface area contributed by atoms with E-state index in [1.165, 1.54) is 0 Å². The van der Waals surface area contributed by atoms with Gasteiger partial charge in [0.2, 0.25) is 10.0 Å². The van der Waals surface area contributed by atoms with Gasteiger partial charge in [0.15, 0.2) is 5.25 Å². The average molecular weight is 248 g/mol. The molecule has 0 aromatic rings. The maximum absolute atomic E-state index is 11.9. The monoisotopic (exact) mass is 248 g/mol. The third-order valence-corrected chi connectivity index (χ3v) is 4.21. The molecule has 16 heavy (non-hydrogen) atoms. The maximum Gasteiger partial charge on any atom is 0.318 e. The van der Waals surface area contributed by atoms with Crippen molar-refractivity contribution >= 4 is 16.0 Å². The molecule has 0 spiro atoms. The van der Waals surface area contributed by atoms with Crippen molar-refractivity contribution in [2.45, 2.75) is 31.9 Å². The van der Waals surface area contributed by atoms with Gasteiger partial charge in [0, 0.05) is 6.54 Å². The lowest BCUT2D eigenvalue weighted by Crippen LogP contribution is -2.41. The second kappa shape index (κ2) is 6.45. The smallest absolute Gasteiger partial charge is 0.318 e. The van der Waals surface area contributed by atoms with Gasteiger partial charge in [-0.15, -0.1) is 0 Å². The molecule has 0 aliphatic carbocycles. The summed E-state index contributed by atoms with van der Waals surface area (Å²) in [6.07, 6.45) is 0.660. The van der Waals surface area contributed by atoms with Crippen LogP contribution < -0.4 is 0 Å². The minimum absolute atomic E-state index is 0.118. The third-order valence-electron chi connectivity index (χ3n) is 2.02. The van der Waals surface area contributed by atoms with Crippen LogP contribution in [0.15, 0.2) is 0 Å². The fourth-order valence-electron chi connectivity index (χ4n) is 1.24. The Bertz CT molecular complexity index is 371. The van der Waals surface area contributed by atoms with Gasteiger partial charge in [0.25, 0.3) is 0 Å². The minimum atomic E-state index is -3.83. The fraction of sp³-hybridized carbons (Fsp3) is 0.778. The third kappa shape index (κ3) is 3.79. The first-order chi connectivity index (χ1) is 7.39. The Morgan fingerprint density at radius 3 is 2.38 bits per heavy atom. The molecule has 0 amide bonds. The van der Waals surface area contributed by atoms with Gasteiger partial charge in [0.05, 0.1) is 6.07 Å². The summed E-state index contributed by atoms with van der Waals surface area (Å²) in [5, 5.41) is 16.2. The van der Waals surface area contributed by atoms with Gasteiger partial charge in [-0.25, -0.2) is 8.42 Å². The second-order valence-electron chi connectivity index (χ2n) is 3.30. The summed E-state index contributed by atoms with van der Waals surface area (Å²) >= 11 is 0. The molecule has 0 radical (unpaired) electrons. The van der Waals surface area contributed by atoms with E-state index in [1.54, 1.807) is 19.9 Å². The molecule has 92 valence electrons. The highest BCUT2D eigenvalue weighted by Gasteiger charge is 2.31. The molecule has 0 saturated carbocycles. The molecule has 0 aliphatic rings. The Balaban J connectivity index is 5.04. The normalized spacial score (nSPS) is 13.4. The van der Waals surface area contributed by atoms with Gasteiger partial charge in [0.1, 0.15) is 6.54 Å². The van der Waals surface area contributed by atoms with Crippen molar-refractivity contribution in [3.8, 4) is 6.07 Å². The average Bonchev–Trinajstić information content (AvgIpc) is 2.18. The standard InChI is InChI=1S/C9H16N2O4S/c1-3-5-11(7-9(12)13)16(14,15)8(4-2)6-10/h8H,3-5,7H2,1-2H3,(H,12,13). The summed E-state index contributed by atoms with van der Waals surface area (Å²) < 4.78 is 24.6. The highest BCUT2D eigenvalue weighted by atomic mass is 32.2. The Labute approximate surface area is 95.5 Å². The molecule has 0 rings (SSSR count). The number of rotatable bonds is 7. The van der Waals surface area contributed by atoms with Gasteiger partial charge in [-0.2, -0.15) is 9.57 Å². The van der Waals surface area contributed by atoms with Crippen LogP contribution in [0, 0.1) is 11.3 Å². The van der Waals surface area contributed by atoms with Crippen molar-refractivity contribution in [3.63, 3.8) is 0 Å². The zero-order chi connectivity index (χ0) is 12.8. The molecule has 0 fully saturated rings. The quantitative estimate of drug-likeness (QED) is 0.703. The molecule has 1 unspecified atom stereocenters. The van der Waals surface area contributed by atoms with Crippen LogP contribution in [0.4, 0.5) is 0 Å². The van der Waals surface area contributed by atoms with Crippen LogP contribution in [0.1, 0.15) is 26.7 Å². The highest BCUT2D eigenvalue weighted by molar-refractivity contribution is 7.90. The summed E-state index contributed by atoms with van der Waals surface area (Å²) in [4.78, 5) is 10.5. The SMILES string of the molecule is CCCN(CC(=O)O)S(=O)(=O)C(C#N)CC. The molecule has 0 aromatic carbocycles. The van der Waals surface area contributed by atoms with Crippen LogP contribution in [0.2, 0.25) is 0 Å². The van der Waals surface area contributed by atoms with Gasteiger partial charge in [-0.1, -0.05) is 13.8 Å². The van der Waals surface area contributed by atoms with E-state index < -0.39 is 27.8 Å². The van der Waals surface area contributed by atoms with Gasteiger partial charge < -0.3 is 5.11 Å². The second-order valence-corrected chi connectivity index (χ2v) is 5.41.